The van der Waals surface area contributed by atoms with Crippen LogP contribution in [0.15, 0.2) is 24.3 Å². The molecule has 0 aliphatic carbocycles. The number of aliphatic hydroxyl groups excluding tert-OH is 1. The Balaban J connectivity index is 1.84. The van der Waals surface area contributed by atoms with Crippen molar-refractivity contribution in [2.45, 2.75) is 31.2 Å². The maximum absolute atomic E-state index is 12.1. The van der Waals surface area contributed by atoms with E-state index in [0.29, 0.717) is 5.75 Å². The first-order chi connectivity index (χ1) is 9.97. The number of aliphatic hydroxyl groups is 1. The summed E-state index contributed by atoms with van der Waals surface area (Å²) < 4.78 is 0. The minimum Gasteiger partial charge on any atom is -0.480 e. The molecule has 1 amide bonds. The molecule has 6 heteroatoms. The topological polar surface area (TPSA) is 77.8 Å². The van der Waals surface area contributed by atoms with Gasteiger partial charge in [-0.15, -0.1) is 11.8 Å². The van der Waals surface area contributed by atoms with E-state index < -0.39 is 18.1 Å². The number of aliphatic carboxylic acids is 1. The molecule has 2 N–H and O–H groups in total. The van der Waals surface area contributed by atoms with Crippen molar-refractivity contribution in [2.24, 2.45) is 0 Å². The van der Waals surface area contributed by atoms with Gasteiger partial charge in [0.05, 0.1) is 11.9 Å². The fourth-order valence-corrected chi connectivity index (χ4v) is 3.22. The number of thioether (sulfide) groups is 1. The number of benzene rings is 1. The molecule has 21 heavy (non-hydrogen) atoms. The molecule has 0 spiro atoms. The number of nitrogens with zero attached hydrogens (tertiary/aromatic N) is 1. The van der Waals surface area contributed by atoms with Crippen molar-refractivity contribution < 1.29 is 19.8 Å². The van der Waals surface area contributed by atoms with Crippen molar-refractivity contribution in [3.63, 3.8) is 0 Å². The lowest BCUT2D eigenvalue weighted by molar-refractivity contribution is -0.147. The minimum atomic E-state index is -1.05. The van der Waals surface area contributed by atoms with Crippen LogP contribution in [0.2, 0.25) is 0 Å². The summed E-state index contributed by atoms with van der Waals surface area (Å²) in [6.45, 7) is 2.13. The average molecular weight is 309 g/mol. The van der Waals surface area contributed by atoms with Gasteiger partial charge >= 0.3 is 5.97 Å². The molecule has 5 nitrogen and oxygen atoms in total. The predicted molar refractivity (Wildman–Crippen MR) is 81.1 cm³/mol. The van der Waals surface area contributed by atoms with Crippen LogP contribution in [0.5, 0.6) is 0 Å². The maximum Gasteiger partial charge on any atom is 0.326 e. The number of aryl methyl sites for hydroxylation is 1. The lowest BCUT2D eigenvalue weighted by Gasteiger charge is -2.20. The summed E-state index contributed by atoms with van der Waals surface area (Å²) in [5.41, 5.74) is 2.32. The molecule has 0 unspecified atom stereocenters. The monoisotopic (exact) mass is 309 g/mol. The lowest BCUT2D eigenvalue weighted by Crippen LogP contribution is -2.41. The zero-order chi connectivity index (χ0) is 15.4. The van der Waals surface area contributed by atoms with Gasteiger partial charge in [-0.1, -0.05) is 29.8 Å². The summed E-state index contributed by atoms with van der Waals surface area (Å²) in [5, 5.41) is 18.6. The van der Waals surface area contributed by atoms with Gasteiger partial charge in [0.25, 0.3) is 0 Å². The quantitative estimate of drug-likeness (QED) is 0.856. The molecule has 2 atom stereocenters. The highest BCUT2D eigenvalue weighted by Crippen LogP contribution is 2.20. The van der Waals surface area contributed by atoms with Gasteiger partial charge in [0.2, 0.25) is 5.91 Å². The molecule has 1 heterocycles. The van der Waals surface area contributed by atoms with Crippen LogP contribution >= 0.6 is 11.8 Å². The van der Waals surface area contributed by atoms with Crippen LogP contribution in [0, 0.1) is 6.92 Å². The van der Waals surface area contributed by atoms with Crippen LogP contribution in [0.3, 0.4) is 0 Å². The molecule has 1 saturated heterocycles. The largest absolute Gasteiger partial charge is 0.480 e. The fourth-order valence-electron chi connectivity index (χ4n) is 2.35. The van der Waals surface area contributed by atoms with E-state index in [1.807, 2.05) is 31.2 Å². The third-order valence-corrected chi connectivity index (χ3v) is 4.49. The standard InChI is InChI=1S/C15H19NO4S/c1-10-2-4-11(5-3-10)8-21-9-14(18)16-7-12(17)6-13(16)15(19)20/h2-5,12-13,17H,6-9H2,1H3,(H,19,20)/t12-,13-/m0/s1. The Kier molecular flexibility index (Phi) is 5.25. The van der Waals surface area contributed by atoms with E-state index in [0.717, 1.165) is 5.56 Å². The van der Waals surface area contributed by atoms with E-state index >= 15 is 0 Å². The molecule has 1 aromatic carbocycles. The summed E-state index contributed by atoms with van der Waals surface area (Å²) in [6, 6.07) is 7.19. The molecular formula is C15H19NO4S. The van der Waals surface area contributed by atoms with Crippen LogP contribution in [0.25, 0.3) is 0 Å². The SMILES string of the molecule is Cc1ccc(CSCC(=O)N2C[C@@H](O)C[C@H]2C(=O)O)cc1. The number of hydrogen-bond acceptors (Lipinski definition) is 4. The molecular weight excluding hydrogens is 290 g/mol. The number of carbonyl (C=O) groups is 2. The normalized spacial score (nSPS) is 21.5. The Morgan fingerprint density at radius 1 is 1.33 bits per heavy atom. The molecule has 114 valence electrons. The Labute approximate surface area is 128 Å². The van der Waals surface area contributed by atoms with Crippen molar-refractivity contribution in [1.82, 2.24) is 4.90 Å². The first kappa shape index (κ1) is 15.9. The summed E-state index contributed by atoms with van der Waals surface area (Å²) in [4.78, 5) is 24.4. The molecule has 0 bridgehead atoms. The molecule has 1 aliphatic heterocycles. The van der Waals surface area contributed by atoms with Gasteiger partial charge in [-0.2, -0.15) is 0 Å². The van der Waals surface area contributed by atoms with E-state index in [-0.39, 0.29) is 24.6 Å². The van der Waals surface area contributed by atoms with Gasteiger partial charge in [-0.25, -0.2) is 4.79 Å². The molecule has 0 aromatic heterocycles. The van der Waals surface area contributed by atoms with E-state index in [1.54, 1.807) is 0 Å². The smallest absolute Gasteiger partial charge is 0.326 e. The zero-order valence-electron chi connectivity index (χ0n) is 11.9. The number of carboxylic acid groups (broad SMARTS) is 1. The Morgan fingerprint density at radius 2 is 2.00 bits per heavy atom. The van der Waals surface area contributed by atoms with Crippen molar-refractivity contribution in [3.05, 3.63) is 35.4 Å². The number of hydrogen-bond donors (Lipinski definition) is 2. The van der Waals surface area contributed by atoms with Crippen molar-refractivity contribution in [2.75, 3.05) is 12.3 Å². The van der Waals surface area contributed by atoms with Crippen LogP contribution in [-0.2, 0) is 15.3 Å². The van der Waals surface area contributed by atoms with Crippen molar-refractivity contribution in [1.29, 1.82) is 0 Å². The van der Waals surface area contributed by atoms with E-state index in [2.05, 4.69) is 0 Å². The second kappa shape index (κ2) is 6.95. The first-order valence-corrected chi connectivity index (χ1v) is 7.96. The van der Waals surface area contributed by atoms with Gasteiger partial charge in [-0.05, 0) is 12.5 Å². The number of carbonyl (C=O) groups excluding carboxylic acids is 1. The van der Waals surface area contributed by atoms with E-state index in [1.165, 1.54) is 22.2 Å². The van der Waals surface area contributed by atoms with Crippen LogP contribution < -0.4 is 0 Å². The Morgan fingerprint density at radius 3 is 2.62 bits per heavy atom. The summed E-state index contributed by atoms with van der Waals surface area (Å²) in [5.74, 6) is -0.343. The third kappa shape index (κ3) is 4.22. The van der Waals surface area contributed by atoms with E-state index in [4.69, 9.17) is 5.11 Å². The van der Waals surface area contributed by atoms with Crippen molar-refractivity contribution in [3.8, 4) is 0 Å². The number of amides is 1. The number of carboxylic acids is 1. The Bertz CT molecular complexity index is 517. The lowest BCUT2D eigenvalue weighted by atomic mass is 10.2. The van der Waals surface area contributed by atoms with Gasteiger partial charge in [0, 0.05) is 18.7 Å². The highest BCUT2D eigenvalue weighted by molar-refractivity contribution is 7.99. The summed E-state index contributed by atoms with van der Waals surface area (Å²) >= 11 is 1.46. The van der Waals surface area contributed by atoms with E-state index in [9.17, 15) is 14.7 Å². The second-order valence-corrected chi connectivity index (χ2v) is 6.25. The van der Waals surface area contributed by atoms with Gasteiger partial charge in [0.1, 0.15) is 6.04 Å². The van der Waals surface area contributed by atoms with Gasteiger partial charge in [0.15, 0.2) is 0 Å². The fraction of sp³-hybridized carbons (Fsp3) is 0.467. The molecule has 0 radical (unpaired) electrons. The van der Waals surface area contributed by atoms with Crippen LogP contribution in [0.1, 0.15) is 17.5 Å². The minimum absolute atomic E-state index is 0.112. The molecule has 2 rings (SSSR count). The Hall–Kier alpha value is -1.53. The van der Waals surface area contributed by atoms with Crippen LogP contribution in [0.4, 0.5) is 0 Å². The second-order valence-electron chi connectivity index (χ2n) is 5.27. The maximum atomic E-state index is 12.1. The predicted octanol–water partition coefficient (Wildman–Crippen LogP) is 1.27. The highest BCUT2D eigenvalue weighted by Gasteiger charge is 2.38. The van der Waals surface area contributed by atoms with Gasteiger partial charge < -0.3 is 15.1 Å². The van der Waals surface area contributed by atoms with Gasteiger partial charge in [-0.3, -0.25) is 4.79 Å². The summed E-state index contributed by atoms with van der Waals surface area (Å²) in [7, 11) is 0. The number of β-amino-alcohol motifs (C(OH)–C–C–N with tert-alkyl or cyclic N) is 1. The van der Waals surface area contributed by atoms with Crippen LogP contribution in [-0.4, -0.2) is 51.4 Å². The third-order valence-electron chi connectivity index (χ3n) is 3.50. The number of rotatable bonds is 5. The van der Waals surface area contributed by atoms with Crippen molar-refractivity contribution >= 4 is 23.6 Å². The molecule has 1 fully saturated rings. The zero-order valence-corrected chi connectivity index (χ0v) is 12.7. The molecule has 0 saturated carbocycles. The first-order valence-electron chi connectivity index (χ1n) is 6.81. The molecule has 1 aromatic rings. The highest BCUT2D eigenvalue weighted by atomic mass is 32.2. The summed E-state index contributed by atoms with van der Waals surface area (Å²) in [6.07, 6.45) is -0.624. The number of likely N-dealkylation sites (tertiary alicyclic amines) is 1. The average Bonchev–Trinajstić information content (AvgIpc) is 2.83. The molecule has 1 aliphatic rings.